The fourth-order valence-electron chi connectivity index (χ4n) is 1.49. The van der Waals surface area contributed by atoms with Crippen LogP contribution in [0.2, 0.25) is 0 Å². The summed E-state index contributed by atoms with van der Waals surface area (Å²) in [5, 5.41) is 9.11. The lowest BCUT2D eigenvalue weighted by Crippen LogP contribution is -2.36. The third-order valence-electron chi connectivity index (χ3n) is 2.23. The Morgan fingerprint density at radius 1 is 1.08 bits per heavy atom. The molecule has 1 aliphatic rings. The van der Waals surface area contributed by atoms with Gasteiger partial charge in [-0.1, -0.05) is 0 Å². The van der Waals surface area contributed by atoms with E-state index in [1.807, 2.05) is 12.1 Å². The molecule has 1 aromatic rings. The van der Waals surface area contributed by atoms with E-state index in [-0.39, 0.29) is 0 Å². The van der Waals surface area contributed by atoms with Gasteiger partial charge in [0.15, 0.2) is 0 Å². The Kier molecular flexibility index (Phi) is 2.36. The molecule has 3 heteroatoms. The summed E-state index contributed by atoms with van der Waals surface area (Å²) in [6.45, 7) is 3.46. The number of ether oxygens (including phenoxy) is 1. The zero-order valence-electron chi connectivity index (χ0n) is 7.44. The van der Waals surface area contributed by atoms with E-state index in [0.717, 1.165) is 32.0 Å². The first kappa shape index (κ1) is 8.38. The number of phenolic OH excluding ortho intramolecular Hbond substituents is 1. The van der Waals surface area contributed by atoms with Gasteiger partial charge in [0.25, 0.3) is 0 Å². The highest BCUT2D eigenvalue weighted by molar-refractivity contribution is 5.48. The zero-order valence-corrected chi connectivity index (χ0v) is 7.44. The minimum absolute atomic E-state index is 0.317. The standard InChI is InChI=1S/C10H13NO2/c12-10-3-1-9(2-4-10)11-5-7-13-8-6-11/h1-4,12H,5-8H2. The Hall–Kier alpha value is -1.22. The molecule has 1 aromatic carbocycles. The van der Waals surface area contributed by atoms with Gasteiger partial charge in [0.2, 0.25) is 0 Å². The number of anilines is 1. The molecule has 2 rings (SSSR count). The zero-order chi connectivity index (χ0) is 9.10. The average Bonchev–Trinajstić information content (AvgIpc) is 2.20. The van der Waals surface area contributed by atoms with Gasteiger partial charge in [-0.05, 0) is 24.3 Å². The van der Waals surface area contributed by atoms with Crippen LogP contribution in [0.4, 0.5) is 5.69 Å². The maximum Gasteiger partial charge on any atom is 0.115 e. The van der Waals surface area contributed by atoms with Crippen molar-refractivity contribution in [3.63, 3.8) is 0 Å². The van der Waals surface area contributed by atoms with Gasteiger partial charge < -0.3 is 14.7 Å². The highest BCUT2D eigenvalue weighted by Gasteiger charge is 2.10. The molecule has 0 unspecified atom stereocenters. The lowest BCUT2D eigenvalue weighted by molar-refractivity contribution is 0.122. The van der Waals surface area contributed by atoms with Gasteiger partial charge in [-0.2, -0.15) is 0 Å². The first-order valence-corrected chi connectivity index (χ1v) is 4.48. The fraction of sp³-hybridized carbons (Fsp3) is 0.400. The van der Waals surface area contributed by atoms with E-state index >= 15 is 0 Å². The van der Waals surface area contributed by atoms with Gasteiger partial charge in [0.05, 0.1) is 13.2 Å². The molecular formula is C10H13NO2. The number of phenols is 1. The monoisotopic (exact) mass is 179 g/mol. The molecule has 13 heavy (non-hydrogen) atoms. The maximum absolute atomic E-state index is 9.11. The molecular weight excluding hydrogens is 166 g/mol. The summed E-state index contributed by atoms with van der Waals surface area (Å²) in [5.74, 6) is 0.317. The van der Waals surface area contributed by atoms with E-state index in [1.165, 1.54) is 0 Å². The third-order valence-corrected chi connectivity index (χ3v) is 2.23. The van der Waals surface area contributed by atoms with Crippen LogP contribution >= 0.6 is 0 Å². The molecule has 0 amide bonds. The topological polar surface area (TPSA) is 32.7 Å². The molecule has 0 spiro atoms. The highest BCUT2D eigenvalue weighted by Crippen LogP contribution is 2.18. The van der Waals surface area contributed by atoms with E-state index in [2.05, 4.69) is 4.90 Å². The molecule has 1 saturated heterocycles. The van der Waals surface area contributed by atoms with Gasteiger partial charge in [-0.3, -0.25) is 0 Å². The quantitative estimate of drug-likeness (QED) is 0.703. The number of hydrogen-bond acceptors (Lipinski definition) is 3. The summed E-state index contributed by atoms with van der Waals surface area (Å²) in [6, 6.07) is 7.29. The number of hydrogen-bond donors (Lipinski definition) is 1. The number of aromatic hydroxyl groups is 1. The SMILES string of the molecule is Oc1ccc(N2CCOCC2)cc1. The summed E-state index contributed by atoms with van der Waals surface area (Å²) >= 11 is 0. The average molecular weight is 179 g/mol. The van der Waals surface area contributed by atoms with Crippen molar-refractivity contribution < 1.29 is 9.84 Å². The number of morpholine rings is 1. The van der Waals surface area contributed by atoms with Crippen molar-refractivity contribution in [2.24, 2.45) is 0 Å². The van der Waals surface area contributed by atoms with Gasteiger partial charge in [0.1, 0.15) is 5.75 Å². The van der Waals surface area contributed by atoms with Crippen molar-refractivity contribution in [1.29, 1.82) is 0 Å². The minimum atomic E-state index is 0.317. The van der Waals surface area contributed by atoms with Crippen LogP contribution in [0, 0.1) is 0 Å². The van der Waals surface area contributed by atoms with Crippen LogP contribution in [-0.4, -0.2) is 31.4 Å². The van der Waals surface area contributed by atoms with Crippen molar-refractivity contribution >= 4 is 5.69 Å². The summed E-state index contributed by atoms with van der Waals surface area (Å²) < 4.78 is 5.25. The lowest BCUT2D eigenvalue weighted by atomic mass is 10.2. The molecule has 0 radical (unpaired) electrons. The molecule has 0 atom stereocenters. The van der Waals surface area contributed by atoms with Crippen molar-refractivity contribution in [1.82, 2.24) is 0 Å². The van der Waals surface area contributed by atoms with Crippen LogP contribution in [0.3, 0.4) is 0 Å². The third kappa shape index (κ3) is 1.92. The summed E-state index contributed by atoms with van der Waals surface area (Å²) in [5.41, 5.74) is 1.15. The molecule has 70 valence electrons. The molecule has 1 aliphatic heterocycles. The smallest absolute Gasteiger partial charge is 0.115 e. The van der Waals surface area contributed by atoms with Crippen molar-refractivity contribution in [2.75, 3.05) is 31.2 Å². The molecule has 0 saturated carbocycles. The Morgan fingerprint density at radius 3 is 2.31 bits per heavy atom. The van der Waals surface area contributed by atoms with E-state index in [1.54, 1.807) is 12.1 Å². The molecule has 1 heterocycles. The maximum atomic E-state index is 9.11. The van der Waals surface area contributed by atoms with Gasteiger partial charge in [-0.25, -0.2) is 0 Å². The van der Waals surface area contributed by atoms with Crippen LogP contribution in [0.15, 0.2) is 24.3 Å². The first-order valence-electron chi connectivity index (χ1n) is 4.48. The van der Waals surface area contributed by atoms with Crippen molar-refractivity contribution in [3.05, 3.63) is 24.3 Å². The summed E-state index contributed by atoms with van der Waals surface area (Å²) in [6.07, 6.45) is 0. The second-order valence-electron chi connectivity index (χ2n) is 3.12. The van der Waals surface area contributed by atoms with Crippen molar-refractivity contribution in [2.45, 2.75) is 0 Å². The van der Waals surface area contributed by atoms with Crippen LogP contribution in [0.25, 0.3) is 0 Å². The van der Waals surface area contributed by atoms with E-state index in [0.29, 0.717) is 5.75 Å². The second kappa shape index (κ2) is 3.66. The van der Waals surface area contributed by atoms with Gasteiger partial charge >= 0.3 is 0 Å². The number of rotatable bonds is 1. The van der Waals surface area contributed by atoms with Crippen LogP contribution in [0.5, 0.6) is 5.75 Å². The second-order valence-corrected chi connectivity index (χ2v) is 3.12. The van der Waals surface area contributed by atoms with Crippen LogP contribution in [-0.2, 0) is 4.74 Å². The molecule has 0 aliphatic carbocycles. The number of nitrogens with zero attached hydrogens (tertiary/aromatic N) is 1. The number of benzene rings is 1. The largest absolute Gasteiger partial charge is 0.508 e. The Morgan fingerprint density at radius 2 is 1.69 bits per heavy atom. The first-order chi connectivity index (χ1) is 6.36. The van der Waals surface area contributed by atoms with E-state index < -0.39 is 0 Å². The van der Waals surface area contributed by atoms with E-state index in [4.69, 9.17) is 9.84 Å². The molecule has 0 aromatic heterocycles. The molecule has 3 nitrogen and oxygen atoms in total. The van der Waals surface area contributed by atoms with Crippen LogP contribution < -0.4 is 4.90 Å². The van der Waals surface area contributed by atoms with E-state index in [9.17, 15) is 0 Å². The predicted octanol–water partition coefficient (Wildman–Crippen LogP) is 1.23. The van der Waals surface area contributed by atoms with Crippen LogP contribution in [0.1, 0.15) is 0 Å². The molecule has 0 bridgehead atoms. The summed E-state index contributed by atoms with van der Waals surface area (Å²) in [4.78, 5) is 2.25. The lowest BCUT2D eigenvalue weighted by Gasteiger charge is -2.28. The highest BCUT2D eigenvalue weighted by atomic mass is 16.5. The molecule has 1 N–H and O–H groups in total. The Balaban J connectivity index is 2.10. The normalized spacial score (nSPS) is 17.4. The van der Waals surface area contributed by atoms with Gasteiger partial charge in [-0.15, -0.1) is 0 Å². The van der Waals surface area contributed by atoms with Crippen molar-refractivity contribution in [3.8, 4) is 5.75 Å². The minimum Gasteiger partial charge on any atom is -0.508 e. The van der Waals surface area contributed by atoms with Gasteiger partial charge in [0, 0.05) is 18.8 Å². The fourth-order valence-corrected chi connectivity index (χ4v) is 1.49. The summed E-state index contributed by atoms with van der Waals surface area (Å²) in [7, 11) is 0. The molecule has 1 fully saturated rings. The Labute approximate surface area is 77.6 Å². The predicted molar refractivity (Wildman–Crippen MR) is 51.1 cm³/mol. The Bertz CT molecular complexity index is 265.